The van der Waals surface area contributed by atoms with Crippen molar-refractivity contribution in [1.29, 1.82) is 0 Å². The van der Waals surface area contributed by atoms with Crippen molar-refractivity contribution in [1.82, 2.24) is 14.7 Å². The summed E-state index contributed by atoms with van der Waals surface area (Å²) in [6.07, 6.45) is 3.68. The SMILES string of the molecule is Cn1ncc(N)c1C(=O)N(Cc1ccsc1)C1CC1. The van der Waals surface area contributed by atoms with E-state index < -0.39 is 0 Å². The number of thiophene rings is 1. The van der Waals surface area contributed by atoms with Crippen molar-refractivity contribution < 1.29 is 4.79 Å². The summed E-state index contributed by atoms with van der Waals surface area (Å²) in [7, 11) is 1.75. The number of nitrogens with two attached hydrogens (primary N) is 1. The number of hydrogen-bond donors (Lipinski definition) is 1. The first kappa shape index (κ1) is 12.2. The summed E-state index contributed by atoms with van der Waals surface area (Å²) < 4.78 is 1.56. The maximum Gasteiger partial charge on any atom is 0.274 e. The van der Waals surface area contributed by atoms with Crippen molar-refractivity contribution in [2.75, 3.05) is 5.73 Å². The van der Waals surface area contributed by atoms with E-state index in [1.807, 2.05) is 10.3 Å². The Hall–Kier alpha value is -1.82. The lowest BCUT2D eigenvalue weighted by Gasteiger charge is -2.22. The molecular formula is C13H16N4OS. The average molecular weight is 276 g/mol. The van der Waals surface area contributed by atoms with Crippen LogP contribution >= 0.6 is 11.3 Å². The van der Waals surface area contributed by atoms with Gasteiger partial charge in [-0.15, -0.1) is 0 Å². The maximum absolute atomic E-state index is 12.6. The first-order valence-corrected chi connectivity index (χ1v) is 7.20. The first-order valence-electron chi connectivity index (χ1n) is 6.26. The Morgan fingerprint density at radius 2 is 2.42 bits per heavy atom. The number of nitrogens with zero attached hydrogens (tertiary/aromatic N) is 3. The first-order chi connectivity index (χ1) is 9.16. The molecule has 1 saturated carbocycles. The Morgan fingerprint density at radius 1 is 1.63 bits per heavy atom. The van der Waals surface area contributed by atoms with E-state index in [1.54, 1.807) is 23.1 Å². The lowest BCUT2D eigenvalue weighted by molar-refractivity contribution is 0.0720. The normalized spacial score (nSPS) is 14.6. The molecule has 0 bridgehead atoms. The average Bonchev–Trinajstić information content (AvgIpc) is 2.99. The quantitative estimate of drug-likeness (QED) is 0.927. The number of aromatic nitrogens is 2. The van der Waals surface area contributed by atoms with Crippen molar-refractivity contribution in [3.8, 4) is 0 Å². The van der Waals surface area contributed by atoms with Gasteiger partial charge in [-0.2, -0.15) is 16.4 Å². The second kappa shape index (κ2) is 4.70. The molecule has 0 radical (unpaired) electrons. The van der Waals surface area contributed by atoms with Crippen LogP contribution in [0, 0.1) is 0 Å². The second-order valence-electron chi connectivity index (χ2n) is 4.87. The molecule has 2 aromatic heterocycles. The van der Waals surface area contributed by atoms with Crippen molar-refractivity contribution in [3.05, 3.63) is 34.3 Å². The molecule has 3 rings (SSSR count). The molecule has 100 valence electrons. The van der Waals surface area contributed by atoms with Crippen LogP contribution in [0.3, 0.4) is 0 Å². The Kier molecular flexibility index (Phi) is 3.02. The summed E-state index contributed by atoms with van der Waals surface area (Å²) in [5.41, 5.74) is 7.95. The molecule has 1 aliphatic carbocycles. The monoisotopic (exact) mass is 276 g/mol. The molecule has 1 amide bonds. The minimum absolute atomic E-state index is 0.0220. The smallest absolute Gasteiger partial charge is 0.274 e. The van der Waals surface area contributed by atoms with E-state index in [2.05, 4.69) is 16.5 Å². The van der Waals surface area contributed by atoms with Gasteiger partial charge in [0.05, 0.1) is 11.9 Å². The maximum atomic E-state index is 12.6. The summed E-state index contributed by atoms with van der Waals surface area (Å²) in [5.74, 6) is -0.0220. The highest BCUT2D eigenvalue weighted by atomic mass is 32.1. The van der Waals surface area contributed by atoms with Crippen molar-refractivity contribution in [3.63, 3.8) is 0 Å². The highest BCUT2D eigenvalue weighted by Gasteiger charge is 2.34. The van der Waals surface area contributed by atoms with Crippen LogP contribution in [0.15, 0.2) is 23.0 Å². The number of nitrogen functional groups attached to an aromatic ring is 1. The third kappa shape index (κ3) is 2.35. The van der Waals surface area contributed by atoms with Crippen LogP contribution in [-0.4, -0.2) is 26.6 Å². The van der Waals surface area contributed by atoms with Gasteiger partial charge in [-0.05, 0) is 35.2 Å². The fourth-order valence-corrected chi connectivity index (χ4v) is 2.84. The molecule has 1 aliphatic rings. The molecule has 2 N–H and O–H groups in total. The van der Waals surface area contributed by atoms with Gasteiger partial charge in [-0.25, -0.2) is 0 Å². The molecule has 0 atom stereocenters. The van der Waals surface area contributed by atoms with Crippen molar-refractivity contribution >= 4 is 22.9 Å². The van der Waals surface area contributed by atoms with Gasteiger partial charge in [-0.1, -0.05) is 0 Å². The molecule has 19 heavy (non-hydrogen) atoms. The molecular weight excluding hydrogens is 260 g/mol. The lowest BCUT2D eigenvalue weighted by Crippen LogP contribution is -2.34. The van der Waals surface area contributed by atoms with E-state index in [9.17, 15) is 4.79 Å². The van der Waals surface area contributed by atoms with Gasteiger partial charge in [0.2, 0.25) is 0 Å². The second-order valence-corrected chi connectivity index (χ2v) is 5.65. The van der Waals surface area contributed by atoms with Crippen LogP contribution in [-0.2, 0) is 13.6 Å². The summed E-state index contributed by atoms with van der Waals surface area (Å²) in [6, 6.07) is 2.40. The van der Waals surface area contributed by atoms with E-state index in [4.69, 9.17) is 5.73 Å². The number of carbonyl (C=O) groups is 1. The zero-order valence-corrected chi connectivity index (χ0v) is 11.6. The predicted molar refractivity (Wildman–Crippen MR) is 74.8 cm³/mol. The highest BCUT2D eigenvalue weighted by Crippen LogP contribution is 2.30. The molecule has 6 heteroatoms. The molecule has 2 heterocycles. The van der Waals surface area contributed by atoms with Crippen LogP contribution in [0.4, 0.5) is 5.69 Å². The van der Waals surface area contributed by atoms with Crippen LogP contribution in [0.25, 0.3) is 0 Å². The standard InChI is InChI=1S/C13H16N4OS/c1-16-12(11(14)6-15-16)13(18)17(10-2-3-10)7-9-4-5-19-8-9/h4-6,8,10H,2-3,7,14H2,1H3. The minimum Gasteiger partial charge on any atom is -0.396 e. The number of hydrogen-bond acceptors (Lipinski definition) is 4. The molecule has 5 nitrogen and oxygen atoms in total. The number of carbonyl (C=O) groups excluding carboxylic acids is 1. The zero-order chi connectivity index (χ0) is 13.4. The summed E-state index contributed by atoms with van der Waals surface area (Å²) in [5, 5.41) is 8.15. The molecule has 0 unspecified atom stereocenters. The zero-order valence-electron chi connectivity index (χ0n) is 10.7. The van der Waals surface area contributed by atoms with Gasteiger partial charge >= 0.3 is 0 Å². The third-order valence-corrected chi connectivity index (χ3v) is 4.08. The highest BCUT2D eigenvalue weighted by molar-refractivity contribution is 7.07. The van der Waals surface area contributed by atoms with Crippen LogP contribution in [0.5, 0.6) is 0 Å². The van der Waals surface area contributed by atoms with Gasteiger partial charge in [0.25, 0.3) is 5.91 Å². The largest absolute Gasteiger partial charge is 0.396 e. The number of rotatable bonds is 4. The van der Waals surface area contributed by atoms with Crippen LogP contribution in [0.2, 0.25) is 0 Å². The van der Waals surface area contributed by atoms with E-state index in [-0.39, 0.29) is 5.91 Å². The number of amides is 1. The van der Waals surface area contributed by atoms with Crippen LogP contribution < -0.4 is 5.73 Å². The van der Waals surface area contributed by atoms with Crippen molar-refractivity contribution in [2.24, 2.45) is 7.05 Å². The van der Waals surface area contributed by atoms with E-state index >= 15 is 0 Å². The Morgan fingerprint density at radius 3 is 2.95 bits per heavy atom. The number of anilines is 1. The van der Waals surface area contributed by atoms with Crippen molar-refractivity contribution in [2.45, 2.75) is 25.4 Å². The summed E-state index contributed by atoms with van der Waals surface area (Å²) in [6.45, 7) is 0.650. The molecule has 0 aliphatic heterocycles. The predicted octanol–water partition coefficient (Wildman–Crippen LogP) is 1.87. The molecule has 2 aromatic rings. The molecule has 0 spiro atoms. The van der Waals surface area contributed by atoms with E-state index in [1.165, 1.54) is 11.8 Å². The van der Waals surface area contributed by atoms with Gasteiger partial charge < -0.3 is 10.6 Å². The van der Waals surface area contributed by atoms with E-state index in [0.717, 1.165) is 12.8 Å². The van der Waals surface area contributed by atoms with Crippen LogP contribution in [0.1, 0.15) is 28.9 Å². The fourth-order valence-electron chi connectivity index (χ4n) is 2.18. The van der Waals surface area contributed by atoms with E-state index in [0.29, 0.717) is 24.0 Å². The lowest BCUT2D eigenvalue weighted by atomic mass is 10.2. The summed E-state index contributed by atoms with van der Waals surface area (Å²) in [4.78, 5) is 14.6. The van der Waals surface area contributed by atoms with Gasteiger partial charge in [0.1, 0.15) is 5.69 Å². The molecule has 1 fully saturated rings. The third-order valence-electron chi connectivity index (χ3n) is 3.35. The number of aryl methyl sites for hydroxylation is 1. The molecule has 0 aromatic carbocycles. The minimum atomic E-state index is -0.0220. The topological polar surface area (TPSA) is 64.2 Å². The van der Waals surface area contributed by atoms with Gasteiger partial charge in [0, 0.05) is 19.6 Å². The van der Waals surface area contributed by atoms with Gasteiger partial charge in [0.15, 0.2) is 0 Å². The summed E-state index contributed by atoms with van der Waals surface area (Å²) >= 11 is 1.65. The van der Waals surface area contributed by atoms with Gasteiger partial charge in [-0.3, -0.25) is 9.48 Å². The fraction of sp³-hybridized carbons (Fsp3) is 0.385. The molecule has 0 saturated heterocycles. The Bertz CT molecular complexity index is 566. The Labute approximate surface area is 115 Å². The Balaban J connectivity index is 1.86.